The Kier molecular flexibility index (Phi) is 3.67. The largest absolute Gasteiger partial charge is 0.455 e. The molecule has 4 heteroatoms. The van der Waals surface area contributed by atoms with Crippen LogP contribution in [0.15, 0.2) is 48.5 Å². The van der Waals surface area contributed by atoms with E-state index < -0.39 is 17.7 Å². The van der Waals surface area contributed by atoms with E-state index in [2.05, 4.69) is 0 Å². The highest BCUT2D eigenvalue weighted by Gasteiger charge is 2.16. The van der Waals surface area contributed by atoms with Gasteiger partial charge in [0, 0.05) is 0 Å². The van der Waals surface area contributed by atoms with Gasteiger partial charge in [-0.15, -0.1) is 0 Å². The van der Waals surface area contributed by atoms with E-state index in [-0.39, 0.29) is 6.47 Å². The molecule has 0 saturated carbocycles. The van der Waals surface area contributed by atoms with Crippen LogP contribution < -0.4 is 0 Å². The van der Waals surface area contributed by atoms with Crippen molar-refractivity contribution in [2.45, 2.75) is 6.10 Å². The van der Waals surface area contributed by atoms with Crippen molar-refractivity contribution in [2.75, 3.05) is 0 Å². The first-order valence-electron chi connectivity index (χ1n) is 5.31. The number of benzene rings is 2. The van der Waals surface area contributed by atoms with Crippen molar-refractivity contribution >= 4 is 6.47 Å². The van der Waals surface area contributed by atoms with Crippen molar-refractivity contribution < 1.29 is 18.3 Å². The monoisotopic (exact) mass is 248 g/mol. The van der Waals surface area contributed by atoms with Crippen molar-refractivity contribution in [3.05, 3.63) is 71.3 Å². The van der Waals surface area contributed by atoms with Crippen LogP contribution in [0.3, 0.4) is 0 Å². The molecule has 0 atom stereocenters. The zero-order chi connectivity index (χ0) is 13.0. The maximum atomic E-state index is 13.1. The van der Waals surface area contributed by atoms with Gasteiger partial charge in [0.25, 0.3) is 6.47 Å². The van der Waals surface area contributed by atoms with Gasteiger partial charge in [-0.2, -0.15) is 0 Å². The summed E-state index contributed by atoms with van der Waals surface area (Å²) in [6, 6.07) is 11.3. The van der Waals surface area contributed by atoms with Crippen molar-refractivity contribution in [1.29, 1.82) is 0 Å². The molecule has 0 heterocycles. The van der Waals surface area contributed by atoms with Crippen molar-refractivity contribution in [3.8, 4) is 0 Å². The molecule has 0 aliphatic heterocycles. The van der Waals surface area contributed by atoms with Crippen LogP contribution in [-0.4, -0.2) is 6.47 Å². The number of carbonyl (C=O) groups excluding carboxylic acids is 1. The predicted octanol–water partition coefficient (Wildman–Crippen LogP) is 3.23. The molecule has 0 aliphatic rings. The number of halogens is 2. The van der Waals surface area contributed by atoms with Crippen molar-refractivity contribution in [2.24, 2.45) is 0 Å². The lowest BCUT2D eigenvalue weighted by Crippen LogP contribution is -2.06. The van der Waals surface area contributed by atoms with Gasteiger partial charge in [-0.05, 0) is 35.4 Å². The first-order chi connectivity index (χ1) is 8.70. The summed E-state index contributed by atoms with van der Waals surface area (Å²) in [5, 5.41) is 0. The summed E-state index contributed by atoms with van der Waals surface area (Å²) in [6.07, 6.45) is -0.811. The van der Waals surface area contributed by atoms with Crippen LogP contribution in [0.25, 0.3) is 0 Å². The maximum absolute atomic E-state index is 13.1. The van der Waals surface area contributed by atoms with E-state index in [1.165, 1.54) is 36.4 Å². The zero-order valence-electron chi connectivity index (χ0n) is 9.35. The Morgan fingerprint density at radius 2 is 1.44 bits per heavy atom. The van der Waals surface area contributed by atoms with Gasteiger partial charge in [-0.1, -0.05) is 24.3 Å². The second kappa shape index (κ2) is 5.40. The summed E-state index contributed by atoms with van der Waals surface area (Å²) in [7, 11) is 0. The minimum Gasteiger partial charge on any atom is -0.455 e. The molecule has 2 aromatic rings. The van der Waals surface area contributed by atoms with E-state index in [1.54, 1.807) is 12.1 Å². The summed E-state index contributed by atoms with van der Waals surface area (Å²) < 4.78 is 31.2. The molecule has 2 rings (SSSR count). The van der Waals surface area contributed by atoms with E-state index >= 15 is 0 Å². The molecular weight excluding hydrogens is 238 g/mol. The molecule has 0 N–H and O–H groups in total. The van der Waals surface area contributed by atoms with Gasteiger partial charge in [0.2, 0.25) is 0 Å². The summed E-state index contributed by atoms with van der Waals surface area (Å²) in [5.74, 6) is -0.883. The molecule has 0 amide bonds. The van der Waals surface area contributed by atoms with Crippen molar-refractivity contribution in [3.63, 3.8) is 0 Å². The molecule has 18 heavy (non-hydrogen) atoms. The van der Waals surface area contributed by atoms with E-state index in [1.807, 2.05) is 0 Å². The van der Waals surface area contributed by atoms with Gasteiger partial charge in [-0.25, -0.2) is 8.78 Å². The second-order valence-corrected chi connectivity index (χ2v) is 3.72. The Morgan fingerprint density at radius 1 is 0.944 bits per heavy atom. The molecule has 2 nitrogen and oxygen atoms in total. The number of hydrogen-bond acceptors (Lipinski definition) is 2. The van der Waals surface area contributed by atoms with Crippen LogP contribution in [0, 0.1) is 11.6 Å². The van der Waals surface area contributed by atoms with E-state index in [9.17, 15) is 13.6 Å². The summed E-state index contributed by atoms with van der Waals surface area (Å²) in [5.41, 5.74) is 0.903. The molecule has 0 aliphatic carbocycles. The Labute approximate surface area is 103 Å². The SMILES string of the molecule is O=COC(c1cccc(F)c1)c1cccc(F)c1. The van der Waals surface area contributed by atoms with Crippen LogP contribution in [0.2, 0.25) is 0 Å². The summed E-state index contributed by atoms with van der Waals surface area (Å²) in [6.45, 7) is 0.264. The lowest BCUT2D eigenvalue weighted by molar-refractivity contribution is -0.132. The molecule has 0 spiro atoms. The normalized spacial score (nSPS) is 10.4. The quantitative estimate of drug-likeness (QED) is 0.776. The number of rotatable bonds is 4. The fourth-order valence-corrected chi connectivity index (χ4v) is 1.74. The number of carbonyl (C=O) groups is 1. The molecule has 0 radical (unpaired) electrons. The zero-order valence-corrected chi connectivity index (χ0v) is 9.35. The minimum atomic E-state index is -0.811. The molecule has 0 fully saturated rings. The topological polar surface area (TPSA) is 26.3 Å². The van der Waals surface area contributed by atoms with E-state index in [4.69, 9.17) is 4.74 Å². The maximum Gasteiger partial charge on any atom is 0.294 e. The van der Waals surface area contributed by atoms with Gasteiger partial charge in [-0.3, -0.25) is 4.79 Å². The lowest BCUT2D eigenvalue weighted by Gasteiger charge is -2.16. The fourth-order valence-electron chi connectivity index (χ4n) is 1.74. The Morgan fingerprint density at radius 3 is 1.83 bits per heavy atom. The third-order valence-electron chi connectivity index (χ3n) is 2.49. The van der Waals surface area contributed by atoms with Crippen LogP contribution in [-0.2, 0) is 9.53 Å². The lowest BCUT2D eigenvalue weighted by atomic mass is 10.0. The third kappa shape index (κ3) is 2.71. The highest BCUT2D eigenvalue weighted by atomic mass is 19.1. The Hall–Kier alpha value is -2.23. The van der Waals surface area contributed by atoms with Crippen molar-refractivity contribution in [1.82, 2.24) is 0 Å². The first-order valence-corrected chi connectivity index (χ1v) is 5.31. The number of hydrogen-bond donors (Lipinski definition) is 0. The minimum absolute atomic E-state index is 0.264. The van der Waals surface area contributed by atoms with Gasteiger partial charge >= 0.3 is 0 Å². The average molecular weight is 248 g/mol. The van der Waals surface area contributed by atoms with Crippen LogP contribution in [0.5, 0.6) is 0 Å². The molecule has 2 aromatic carbocycles. The highest BCUT2D eigenvalue weighted by Crippen LogP contribution is 2.26. The Balaban J connectivity index is 2.42. The van der Waals surface area contributed by atoms with Gasteiger partial charge in [0.05, 0.1) is 0 Å². The van der Waals surface area contributed by atoms with Crippen LogP contribution >= 0.6 is 0 Å². The highest BCUT2D eigenvalue weighted by molar-refractivity contribution is 5.42. The van der Waals surface area contributed by atoms with Gasteiger partial charge in [0.1, 0.15) is 11.6 Å². The summed E-state index contributed by atoms with van der Waals surface area (Å²) in [4.78, 5) is 10.5. The molecule has 0 saturated heterocycles. The van der Waals surface area contributed by atoms with Crippen LogP contribution in [0.4, 0.5) is 8.78 Å². The molecule has 92 valence electrons. The van der Waals surface area contributed by atoms with Gasteiger partial charge < -0.3 is 4.74 Å². The number of ether oxygens (including phenoxy) is 1. The Bertz CT molecular complexity index is 509. The molecule has 0 aromatic heterocycles. The molecule has 0 unspecified atom stereocenters. The third-order valence-corrected chi connectivity index (χ3v) is 2.49. The van der Waals surface area contributed by atoms with E-state index in [0.29, 0.717) is 11.1 Å². The standard InChI is InChI=1S/C14H10F2O2/c15-12-5-1-3-10(7-12)14(18-9-17)11-4-2-6-13(16)8-11/h1-9,14H. The smallest absolute Gasteiger partial charge is 0.294 e. The first kappa shape index (κ1) is 12.2. The van der Waals surface area contributed by atoms with Gasteiger partial charge in [0.15, 0.2) is 6.10 Å². The fraction of sp³-hybridized carbons (Fsp3) is 0.0714. The second-order valence-electron chi connectivity index (χ2n) is 3.72. The summed E-state index contributed by atoms with van der Waals surface area (Å²) >= 11 is 0. The predicted molar refractivity (Wildman–Crippen MR) is 61.8 cm³/mol. The van der Waals surface area contributed by atoms with E-state index in [0.717, 1.165) is 0 Å². The molecular formula is C14H10F2O2. The average Bonchev–Trinajstić information content (AvgIpc) is 2.36. The molecule has 0 bridgehead atoms. The van der Waals surface area contributed by atoms with Crippen LogP contribution in [0.1, 0.15) is 17.2 Å².